The fraction of sp³-hybridized carbons (Fsp3) is 0.667. The van der Waals surface area contributed by atoms with Crippen LogP contribution in [0.15, 0.2) is 4.79 Å². The molecule has 0 radical (unpaired) electrons. The Bertz CT molecular complexity index is 368. The fourth-order valence-corrected chi connectivity index (χ4v) is 2.02. The van der Waals surface area contributed by atoms with Gasteiger partial charge in [0.25, 0.3) is 5.56 Å². The fourth-order valence-electron chi connectivity index (χ4n) is 2.02. The zero-order chi connectivity index (χ0) is 11.3. The predicted octanol–water partition coefficient (Wildman–Crippen LogP) is 2.24. The number of aromatic nitrogens is 2. The summed E-state index contributed by atoms with van der Waals surface area (Å²) < 4.78 is 0. The smallest absolute Gasteiger partial charge is 0.267 e. The van der Waals surface area contributed by atoms with E-state index in [9.17, 15) is 4.79 Å². The van der Waals surface area contributed by atoms with Crippen molar-refractivity contribution >= 4 is 0 Å². The first-order valence-corrected chi connectivity index (χ1v) is 5.92. The van der Waals surface area contributed by atoms with E-state index in [1.165, 1.54) is 12.0 Å². The summed E-state index contributed by atoms with van der Waals surface area (Å²) >= 11 is 0. The molecule has 3 heteroatoms. The largest absolute Gasteiger partial charge is 0.268 e. The number of nitrogens with one attached hydrogen (secondary N) is 1. The third-order valence-electron chi connectivity index (χ3n) is 2.72. The molecule has 0 unspecified atom stereocenters. The Balaban J connectivity index is 0.000000531. The molecule has 1 N–H and O–H groups in total. The highest BCUT2D eigenvalue weighted by Crippen LogP contribution is 2.19. The first-order chi connectivity index (χ1) is 7.33. The van der Waals surface area contributed by atoms with Gasteiger partial charge in [0.05, 0.1) is 5.69 Å². The van der Waals surface area contributed by atoms with E-state index in [1.807, 2.05) is 13.8 Å². The summed E-state index contributed by atoms with van der Waals surface area (Å²) in [5, 5.41) is 6.65. The van der Waals surface area contributed by atoms with Crippen LogP contribution in [0.3, 0.4) is 0 Å². The van der Waals surface area contributed by atoms with Gasteiger partial charge in [-0.1, -0.05) is 20.8 Å². The number of H-pyrrole nitrogens is 1. The summed E-state index contributed by atoms with van der Waals surface area (Å²) in [6.07, 6.45) is 5.23. The molecule has 0 atom stereocenters. The Morgan fingerprint density at radius 2 is 1.80 bits per heavy atom. The standard InChI is InChI=1S/C10H14N2O.C2H6/c1-2-9-7-5-3-4-6-8(7)10(13)12-11-9;1-2/h2-6H2,1H3,(H,12,13);1-2H3. The van der Waals surface area contributed by atoms with Gasteiger partial charge >= 0.3 is 0 Å². The second-order valence-electron chi connectivity index (χ2n) is 3.52. The zero-order valence-electron chi connectivity index (χ0n) is 9.89. The molecule has 0 saturated heterocycles. The molecule has 0 amide bonds. The maximum absolute atomic E-state index is 11.4. The average Bonchev–Trinajstić information content (AvgIpc) is 2.33. The molecule has 1 aromatic heterocycles. The molecule has 1 heterocycles. The highest BCUT2D eigenvalue weighted by Gasteiger charge is 2.16. The summed E-state index contributed by atoms with van der Waals surface area (Å²) in [6, 6.07) is 0. The molecular formula is C12H20N2O. The van der Waals surface area contributed by atoms with E-state index >= 15 is 0 Å². The van der Waals surface area contributed by atoms with Crippen molar-refractivity contribution in [1.82, 2.24) is 10.2 Å². The number of aryl methyl sites for hydroxylation is 1. The van der Waals surface area contributed by atoms with E-state index < -0.39 is 0 Å². The van der Waals surface area contributed by atoms with Crippen LogP contribution in [0.25, 0.3) is 0 Å². The van der Waals surface area contributed by atoms with E-state index in [0.717, 1.165) is 36.9 Å². The second kappa shape index (κ2) is 5.69. The summed E-state index contributed by atoms with van der Waals surface area (Å²) in [4.78, 5) is 11.4. The van der Waals surface area contributed by atoms with Crippen LogP contribution in [0.5, 0.6) is 0 Å². The Labute approximate surface area is 90.9 Å². The van der Waals surface area contributed by atoms with Crippen LogP contribution < -0.4 is 5.56 Å². The van der Waals surface area contributed by atoms with Crippen molar-refractivity contribution in [2.75, 3.05) is 0 Å². The van der Waals surface area contributed by atoms with Crippen molar-refractivity contribution in [3.8, 4) is 0 Å². The second-order valence-corrected chi connectivity index (χ2v) is 3.52. The van der Waals surface area contributed by atoms with Gasteiger partial charge in [0.2, 0.25) is 0 Å². The molecule has 1 aliphatic rings. The van der Waals surface area contributed by atoms with E-state index in [0.29, 0.717) is 0 Å². The summed E-state index contributed by atoms with van der Waals surface area (Å²) in [5.74, 6) is 0. The van der Waals surface area contributed by atoms with Crippen LogP contribution in [-0.2, 0) is 19.3 Å². The Morgan fingerprint density at radius 1 is 1.20 bits per heavy atom. The normalized spacial score (nSPS) is 13.8. The van der Waals surface area contributed by atoms with Crippen molar-refractivity contribution in [2.45, 2.75) is 52.9 Å². The van der Waals surface area contributed by atoms with Crippen LogP contribution in [-0.4, -0.2) is 10.2 Å². The van der Waals surface area contributed by atoms with E-state index in [2.05, 4.69) is 17.1 Å². The van der Waals surface area contributed by atoms with E-state index in [-0.39, 0.29) is 5.56 Å². The van der Waals surface area contributed by atoms with Gasteiger partial charge in [0.15, 0.2) is 0 Å². The van der Waals surface area contributed by atoms with Gasteiger partial charge in [-0.3, -0.25) is 4.79 Å². The van der Waals surface area contributed by atoms with E-state index in [1.54, 1.807) is 0 Å². The molecule has 2 rings (SSSR count). The SMILES string of the molecule is CC.CCc1n[nH]c(=O)c2c1CCCC2. The zero-order valence-corrected chi connectivity index (χ0v) is 9.89. The average molecular weight is 208 g/mol. The lowest BCUT2D eigenvalue weighted by atomic mass is 9.91. The molecule has 1 aliphatic carbocycles. The van der Waals surface area contributed by atoms with Gasteiger partial charge in [0.1, 0.15) is 0 Å². The van der Waals surface area contributed by atoms with Gasteiger partial charge in [-0.2, -0.15) is 5.10 Å². The van der Waals surface area contributed by atoms with Crippen molar-refractivity contribution in [3.05, 3.63) is 27.2 Å². The minimum absolute atomic E-state index is 0.0203. The molecule has 0 bridgehead atoms. The van der Waals surface area contributed by atoms with Gasteiger partial charge in [-0.05, 0) is 37.7 Å². The quantitative estimate of drug-likeness (QED) is 0.769. The Hall–Kier alpha value is -1.12. The van der Waals surface area contributed by atoms with E-state index in [4.69, 9.17) is 0 Å². The van der Waals surface area contributed by atoms with Gasteiger partial charge in [0, 0.05) is 5.56 Å². The lowest BCUT2D eigenvalue weighted by molar-refractivity contribution is 0.653. The maximum Gasteiger partial charge on any atom is 0.267 e. The first kappa shape index (κ1) is 12.0. The number of hydrogen-bond acceptors (Lipinski definition) is 2. The van der Waals surface area contributed by atoms with Crippen molar-refractivity contribution < 1.29 is 0 Å². The lowest BCUT2D eigenvalue weighted by Gasteiger charge is -2.16. The molecule has 3 nitrogen and oxygen atoms in total. The minimum atomic E-state index is 0.0203. The number of rotatable bonds is 1. The predicted molar refractivity (Wildman–Crippen MR) is 62.2 cm³/mol. The maximum atomic E-state index is 11.4. The van der Waals surface area contributed by atoms with Gasteiger partial charge in [-0.15, -0.1) is 0 Å². The van der Waals surface area contributed by atoms with Crippen LogP contribution >= 0.6 is 0 Å². The number of hydrogen-bond donors (Lipinski definition) is 1. The van der Waals surface area contributed by atoms with Crippen molar-refractivity contribution in [2.24, 2.45) is 0 Å². The molecule has 0 aliphatic heterocycles. The van der Waals surface area contributed by atoms with Crippen LogP contribution in [0, 0.1) is 0 Å². The Kier molecular flexibility index (Phi) is 4.53. The number of fused-ring (bicyclic) bond motifs is 1. The molecule has 0 spiro atoms. The van der Waals surface area contributed by atoms with Crippen molar-refractivity contribution in [1.29, 1.82) is 0 Å². The summed E-state index contributed by atoms with van der Waals surface area (Å²) in [6.45, 7) is 6.08. The third-order valence-corrected chi connectivity index (χ3v) is 2.72. The molecule has 15 heavy (non-hydrogen) atoms. The molecule has 0 aromatic carbocycles. The lowest BCUT2D eigenvalue weighted by Crippen LogP contribution is -2.22. The summed E-state index contributed by atoms with van der Waals surface area (Å²) in [7, 11) is 0. The molecule has 0 fully saturated rings. The number of nitrogens with zero attached hydrogens (tertiary/aromatic N) is 1. The Morgan fingerprint density at radius 3 is 2.40 bits per heavy atom. The molecular weight excluding hydrogens is 188 g/mol. The summed E-state index contributed by atoms with van der Waals surface area (Å²) in [5.41, 5.74) is 3.30. The first-order valence-electron chi connectivity index (χ1n) is 5.92. The van der Waals surface area contributed by atoms with Crippen LogP contribution in [0.2, 0.25) is 0 Å². The molecule has 0 saturated carbocycles. The van der Waals surface area contributed by atoms with Gasteiger partial charge < -0.3 is 0 Å². The van der Waals surface area contributed by atoms with Crippen LogP contribution in [0.4, 0.5) is 0 Å². The number of aromatic amines is 1. The van der Waals surface area contributed by atoms with Crippen LogP contribution in [0.1, 0.15) is 50.4 Å². The highest BCUT2D eigenvalue weighted by atomic mass is 16.1. The third kappa shape index (κ3) is 2.46. The monoisotopic (exact) mass is 208 g/mol. The van der Waals surface area contributed by atoms with Gasteiger partial charge in [-0.25, -0.2) is 5.10 Å². The topological polar surface area (TPSA) is 45.8 Å². The van der Waals surface area contributed by atoms with Crippen molar-refractivity contribution in [3.63, 3.8) is 0 Å². The molecule has 84 valence electrons. The minimum Gasteiger partial charge on any atom is -0.268 e. The highest BCUT2D eigenvalue weighted by molar-refractivity contribution is 5.29. The molecule has 1 aromatic rings.